The summed E-state index contributed by atoms with van der Waals surface area (Å²) in [4.78, 5) is 146. The van der Waals surface area contributed by atoms with Crippen molar-refractivity contribution in [3.05, 3.63) is 273 Å². The molecule has 6 aliphatic rings. The van der Waals surface area contributed by atoms with Crippen LogP contribution in [0.2, 0.25) is 5.02 Å². The Bertz CT molecular complexity index is 6400. The van der Waals surface area contributed by atoms with Gasteiger partial charge in [-0.1, -0.05) is 80.1 Å². The normalized spacial score (nSPS) is 12.9. The molecular formula is C107H132ClN25O12S. The van der Waals surface area contributed by atoms with Gasteiger partial charge in [-0.2, -0.15) is 0 Å². The molecule has 0 saturated heterocycles. The minimum atomic E-state index is -0.407. The first kappa shape index (κ1) is 107. The molecule has 7 N–H and O–H groups in total. The number of fused-ring (bicyclic) bond motifs is 6. The van der Waals surface area contributed by atoms with Crippen molar-refractivity contribution < 1.29 is 57.3 Å². The minimum absolute atomic E-state index is 0.0504. The molecule has 0 bridgehead atoms. The number of hydroxylamine groups is 1. The van der Waals surface area contributed by atoms with Crippen LogP contribution in [-0.4, -0.2) is 231 Å². The van der Waals surface area contributed by atoms with Gasteiger partial charge in [0.25, 0.3) is 5.91 Å². The van der Waals surface area contributed by atoms with Crippen molar-refractivity contribution in [3.8, 4) is 11.8 Å². The molecule has 0 unspecified atom stereocenters. The highest BCUT2D eigenvalue weighted by Crippen LogP contribution is 2.42. The molecule has 37 nitrogen and oxygen atoms in total. The molecule has 39 heteroatoms. The summed E-state index contributed by atoms with van der Waals surface area (Å²) in [6.07, 6.45) is 30.9. The van der Waals surface area contributed by atoms with Crippen LogP contribution in [0.3, 0.4) is 0 Å². The number of benzene rings is 6. The molecule has 0 saturated carbocycles. The molecule has 0 radical (unpaired) electrons. The third-order valence-electron chi connectivity index (χ3n) is 26.1. The summed E-state index contributed by atoms with van der Waals surface area (Å²) >= 11 is 8.07. The number of thiophene rings is 1. The standard InChI is InChI=1S/C20H28N4O2.C19H20N4OS.C18H24N4O3.C18H20N4O2.C16H19ClN4O2.C16H21N5O2/c1-3-4-5-6-11-26-20(25)23(2)18-8-7-16-9-10-24(19(16)12-18)14-17-13-21-15-22-17;1-22(19(24)10-17-3-2-8-25-17)16-5-4-14-6-7-23(18(14)9-16)12-15-11-20-13-21-15;1-21(18(23)12-25-8-7-24-2)16-4-3-14-5-6-22(17(14)9-16)11-15-10-19-13-20-15;1-3-4-9-24-18(23)21(2)16-6-5-14-7-8-22(17(14)10-16)12-15-11-19-13-20-15;1-3-21(16(22)23-2)12-6-14(17)13-4-5-20(15(13)7-12)9-11-8-18-10-19-11;1-3-21(16(22)19-23-2)14-5-4-12-6-7-20(15(12)8-14)10-13-9-17-11-18-13/h7-8,12-13,15H,3-6,9-11,14H2,1-2H3,(H,21,22);2-5,8-9,11,13H,6-7,10,12H2,1H3,(H,20,21);3-4,9-10,13H,5-8,11-12H2,1-2H3,(H,19,20);5-6,10-11,13H,7-9,12H2,1-2H3,(H,19,20);6-8,10H,3-5,9H2,1-2H3,(H,18,19);4-5,8-9,11H,3,6-7,10H2,1-2H3,(H,17,18)(H,19,22). The van der Waals surface area contributed by atoms with Crippen LogP contribution in [0.15, 0.2) is 196 Å². The topological polar surface area (TPSA) is 381 Å². The van der Waals surface area contributed by atoms with Crippen molar-refractivity contribution >= 4 is 127 Å². The predicted octanol–water partition coefficient (Wildman–Crippen LogP) is 16.8. The summed E-state index contributed by atoms with van der Waals surface area (Å²) in [7, 11) is 11.5. The largest absolute Gasteiger partial charge is 0.452 e. The Labute approximate surface area is 861 Å². The number of anilines is 12. The Kier molecular flexibility index (Phi) is 39.0. The highest BCUT2D eigenvalue weighted by atomic mass is 35.5. The summed E-state index contributed by atoms with van der Waals surface area (Å²) in [5.41, 5.74) is 28.5. The first-order valence-corrected chi connectivity index (χ1v) is 50.5. The number of urea groups is 1. The van der Waals surface area contributed by atoms with Gasteiger partial charge < -0.3 is 92.8 Å². The molecule has 7 amide bonds. The highest BCUT2D eigenvalue weighted by molar-refractivity contribution is 7.10. The number of methoxy groups -OCH3 is 2. The van der Waals surface area contributed by atoms with Gasteiger partial charge in [0.15, 0.2) is 6.61 Å². The molecule has 13 heterocycles. The molecule has 7 aromatic heterocycles. The number of ether oxygens (including phenoxy) is 5. The molecule has 6 aliphatic heterocycles. The lowest BCUT2D eigenvalue weighted by atomic mass is 10.1. The minimum Gasteiger partial charge on any atom is -0.452 e. The van der Waals surface area contributed by atoms with Gasteiger partial charge in [-0.3, -0.25) is 34.0 Å². The Morgan fingerprint density at radius 3 is 1.18 bits per heavy atom. The van der Waals surface area contributed by atoms with Crippen LogP contribution >= 0.6 is 22.9 Å². The van der Waals surface area contributed by atoms with Crippen molar-refractivity contribution in [2.24, 2.45) is 0 Å². The SMILES string of the molecule is CC#CCOC(=O)N(C)c1ccc2c(c1)N(Cc1cnc[nH]1)CC2.CCCCCCOC(=O)N(C)c1ccc2c(c1)N(Cc1cnc[nH]1)CC2.CCN(C(=O)NOC)c1ccc2c(c1)N(Cc1cnc[nH]1)CC2.CCN(C(=O)OC)c1cc(Cl)c2c(c1)N(Cc1cnc[nH]1)CC2.CN(C(=O)Cc1cccs1)c1ccc2c(c1)N(Cc1cnc[nH]1)CC2.COCCOCC(=O)N(C)c1ccc2c(c1)N(Cc1cnc[nH]1)CC2. The monoisotopic (exact) mass is 2030 g/mol. The van der Waals surface area contributed by atoms with E-state index in [1.807, 2.05) is 124 Å². The van der Waals surface area contributed by atoms with E-state index in [9.17, 15) is 28.8 Å². The Hall–Kier alpha value is -15.2. The molecule has 0 aliphatic carbocycles. The fraction of sp³-hybridized carbons (Fsp3) is 0.383. The number of hydrogen-bond acceptors (Lipinski definition) is 25. The first-order chi connectivity index (χ1) is 71.1. The van der Waals surface area contributed by atoms with E-state index in [4.69, 9.17) is 40.1 Å². The van der Waals surface area contributed by atoms with E-state index in [1.54, 1.807) is 109 Å². The quantitative estimate of drug-likeness (QED) is 0.00852. The number of likely N-dealkylation sites (N-methyl/N-ethyl adjacent to an activating group) is 2. The van der Waals surface area contributed by atoms with E-state index in [2.05, 4.69) is 168 Å². The smallest absolute Gasteiger partial charge is 0.414 e. The third kappa shape index (κ3) is 28.5. The average molecular weight is 2030 g/mol. The number of halogens is 1. The maximum Gasteiger partial charge on any atom is 0.414 e. The second kappa shape index (κ2) is 53.4. The Morgan fingerprint density at radius 1 is 0.425 bits per heavy atom. The summed E-state index contributed by atoms with van der Waals surface area (Å²) in [6.45, 7) is 20.8. The van der Waals surface area contributed by atoms with Crippen LogP contribution in [0.5, 0.6) is 0 Å². The Morgan fingerprint density at radius 2 is 0.808 bits per heavy atom. The van der Waals surface area contributed by atoms with Gasteiger partial charge in [0.2, 0.25) is 5.91 Å². The van der Waals surface area contributed by atoms with Crippen LogP contribution in [-0.2, 0) is 122 Å². The van der Waals surface area contributed by atoms with Gasteiger partial charge in [-0.15, -0.1) is 17.3 Å². The number of carbonyl (C=O) groups excluding carboxylic acids is 6. The summed E-state index contributed by atoms with van der Waals surface area (Å²) in [5, 5.41) is 2.69. The van der Waals surface area contributed by atoms with Crippen LogP contribution < -0.4 is 64.3 Å². The van der Waals surface area contributed by atoms with Crippen molar-refractivity contribution in [1.29, 1.82) is 0 Å². The molecule has 6 aromatic carbocycles. The van der Waals surface area contributed by atoms with Crippen LogP contribution in [0.4, 0.5) is 87.4 Å². The van der Waals surface area contributed by atoms with Crippen molar-refractivity contribution in [2.75, 3.05) is 194 Å². The summed E-state index contributed by atoms with van der Waals surface area (Å²) in [5.74, 6) is 5.46. The lowest BCUT2D eigenvalue weighted by molar-refractivity contribution is -0.123. The number of unbranched alkanes of at least 4 members (excludes halogenated alkanes) is 3. The maximum absolute atomic E-state index is 12.6. The van der Waals surface area contributed by atoms with Gasteiger partial charge in [0, 0.05) is 197 Å². The third-order valence-corrected chi connectivity index (χ3v) is 27.3. The van der Waals surface area contributed by atoms with Crippen LogP contribution in [0.25, 0.3) is 0 Å². The van der Waals surface area contributed by atoms with E-state index in [0.717, 1.165) is 220 Å². The molecule has 146 heavy (non-hydrogen) atoms. The zero-order valence-electron chi connectivity index (χ0n) is 84.9. The first-order valence-electron chi connectivity index (χ1n) is 49.2. The van der Waals surface area contributed by atoms with E-state index in [0.29, 0.717) is 44.4 Å². The Balaban J connectivity index is 0.000000139. The van der Waals surface area contributed by atoms with Gasteiger partial charge in [0.05, 0.1) is 158 Å². The number of imidazole rings is 6. The van der Waals surface area contributed by atoms with Gasteiger partial charge in [-0.05, 0) is 183 Å². The van der Waals surface area contributed by atoms with Crippen molar-refractivity contribution in [2.45, 2.75) is 138 Å². The fourth-order valence-corrected chi connectivity index (χ4v) is 19.0. The van der Waals surface area contributed by atoms with Gasteiger partial charge >= 0.3 is 24.3 Å². The molecular weight excluding hydrogens is 1890 g/mol. The van der Waals surface area contributed by atoms with E-state index in [-0.39, 0.29) is 43.2 Å². The van der Waals surface area contributed by atoms with E-state index < -0.39 is 6.09 Å². The second-order valence-corrected chi connectivity index (χ2v) is 37.0. The zero-order chi connectivity index (χ0) is 103. The van der Waals surface area contributed by atoms with Gasteiger partial charge in [-0.25, -0.2) is 54.6 Å². The fourth-order valence-electron chi connectivity index (χ4n) is 18.0. The van der Waals surface area contributed by atoms with Crippen LogP contribution in [0, 0.1) is 11.8 Å². The number of hydrogen-bond donors (Lipinski definition) is 7. The highest BCUT2D eigenvalue weighted by Gasteiger charge is 2.32. The maximum atomic E-state index is 12.6. The second-order valence-electron chi connectivity index (χ2n) is 35.5. The number of aromatic amines is 6. The number of aromatic nitrogens is 12. The lowest BCUT2D eigenvalue weighted by Gasteiger charge is -2.24. The van der Waals surface area contributed by atoms with E-state index >= 15 is 0 Å². The predicted molar refractivity (Wildman–Crippen MR) is 572 cm³/mol. The molecule has 19 rings (SSSR count). The van der Waals surface area contributed by atoms with Crippen LogP contribution in [0.1, 0.15) is 126 Å². The summed E-state index contributed by atoms with van der Waals surface area (Å²) in [6, 6.07) is 38.4. The number of carbonyl (C=O) groups is 6. The average Bonchev–Trinajstić information content (AvgIpc) is 1.56. The number of nitrogens with one attached hydrogen (secondary N) is 7. The number of nitrogens with zero attached hydrogens (tertiary/aromatic N) is 18. The lowest BCUT2D eigenvalue weighted by Crippen LogP contribution is -2.39. The molecule has 0 fully saturated rings. The molecule has 13 aromatic rings. The zero-order valence-corrected chi connectivity index (χ0v) is 86.5. The number of rotatable bonds is 34. The number of amides is 7. The molecule has 0 atom stereocenters. The van der Waals surface area contributed by atoms with E-state index in [1.165, 1.54) is 82.5 Å². The number of H-pyrrole nitrogens is 6. The molecule has 770 valence electrons. The van der Waals surface area contributed by atoms with Gasteiger partial charge in [0.1, 0.15) is 6.61 Å². The van der Waals surface area contributed by atoms with Crippen molar-refractivity contribution in [1.82, 2.24) is 65.3 Å². The van der Waals surface area contributed by atoms with Crippen molar-refractivity contribution in [3.63, 3.8) is 0 Å². The summed E-state index contributed by atoms with van der Waals surface area (Å²) < 4.78 is 25.6. The molecule has 0 spiro atoms.